The van der Waals surface area contributed by atoms with Gasteiger partial charge in [-0.1, -0.05) is 36.4 Å². The summed E-state index contributed by atoms with van der Waals surface area (Å²) >= 11 is 0. The van der Waals surface area contributed by atoms with E-state index < -0.39 is 7.82 Å². The summed E-state index contributed by atoms with van der Waals surface area (Å²) in [5.41, 5.74) is 4.12. The van der Waals surface area contributed by atoms with Gasteiger partial charge in [0.1, 0.15) is 13.6 Å². The molecule has 114 valence electrons. The van der Waals surface area contributed by atoms with E-state index in [2.05, 4.69) is 4.52 Å². The maximum atomic E-state index is 11.0. The summed E-state index contributed by atoms with van der Waals surface area (Å²) in [5.74, 6) is 0.0846. The number of para-hydroxylation sites is 2. The molecule has 24 heavy (non-hydrogen) atoms. The summed E-state index contributed by atoms with van der Waals surface area (Å²) in [6.07, 6.45) is 0. The van der Waals surface area contributed by atoms with Crippen LogP contribution in [0.4, 0.5) is 11.4 Å². The zero-order chi connectivity index (χ0) is 15.9. The predicted octanol–water partition coefficient (Wildman–Crippen LogP) is -3.60. The minimum Gasteiger partial charge on any atom is -0.780 e. The molecule has 0 spiro atoms. The SMILES string of the molecule is CC(OP(=O)([O-])[O-])=C1c2ccccc2N(C)c2ccccc21.[Na+].[Na+]. The Morgan fingerprint density at radius 3 is 1.79 bits per heavy atom. The number of phosphoric acid groups is 1. The summed E-state index contributed by atoms with van der Waals surface area (Å²) in [6, 6.07) is 15.2. The zero-order valence-corrected chi connectivity index (χ0v) is 19.0. The van der Waals surface area contributed by atoms with Crippen LogP contribution in [-0.2, 0) is 9.09 Å². The van der Waals surface area contributed by atoms with Crippen LogP contribution in [0, 0.1) is 0 Å². The van der Waals surface area contributed by atoms with Crippen molar-refractivity contribution in [2.75, 3.05) is 11.9 Å². The average molecular weight is 361 g/mol. The molecular formula is C16H14NNa2O4P. The first kappa shape index (κ1) is 22.0. The first-order chi connectivity index (χ1) is 10.4. The van der Waals surface area contributed by atoms with Gasteiger partial charge in [-0.15, -0.1) is 0 Å². The number of phosphoric ester groups is 1. The number of benzene rings is 2. The topological polar surface area (TPSA) is 75.7 Å². The van der Waals surface area contributed by atoms with Crippen molar-refractivity contribution in [1.82, 2.24) is 0 Å². The van der Waals surface area contributed by atoms with Gasteiger partial charge in [0.05, 0.1) is 0 Å². The molecule has 0 saturated heterocycles. The maximum absolute atomic E-state index is 11.0. The minimum atomic E-state index is -5.10. The Balaban J connectivity index is 0.00000144. The number of fused-ring (bicyclic) bond motifs is 2. The molecule has 0 amide bonds. The molecule has 0 N–H and O–H groups in total. The van der Waals surface area contributed by atoms with Gasteiger partial charge in [-0.3, -0.25) is 0 Å². The molecule has 2 aromatic carbocycles. The van der Waals surface area contributed by atoms with Crippen LogP contribution in [0.15, 0.2) is 54.3 Å². The minimum absolute atomic E-state index is 0. The second kappa shape index (κ2) is 8.54. The molecule has 1 heterocycles. The Morgan fingerprint density at radius 2 is 1.38 bits per heavy atom. The molecule has 5 nitrogen and oxygen atoms in total. The van der Waals surface area contributed by atoms with Crippen molar-refractivity contribution in [2.24, 2.45) is 0 Å². The molecule has 8 heteroatoms. The number of rotatable bonds is 2. The fourth-order valence-corrected chi connectivity index (χ4v) is 3.25. The van der Waals surface area contributed by atoms with Gasteiger partial charge in [-0.2, -0.15) is 0 Å². The molecule has 0 aliphatic carbocycles. The molecule has 0 unspecified atom stereocenters. The van der Waals surface area contributed by atoms with Gasteiger partial charge >= 0.3 is 59.1 Å². The Kier molecular flexibility index (Phi) is 7.82. The Labute approximate surface area is 185 Å². The number of hydrogen-bond donors (Lipinski definition) is 0. The van der Waals surface area contributed by atoms with E-state index >= 15 is 0 Å². The van der Waals surface area contributed by atoms with Gasteiger partial charge in [-0.05, 0) is 19.1 Å². The van der Waals surface area contributed by atoms with E-state index in [1.807, 2.05) is 60.5 Å². The molecule has 0 aromatic heterocycles. The van der Waals surface area contributed by atoms with E-state index in [1.165, 1.54) is 6.92 Å². The van der Waals surface area contributed by atoms with Crippen LogP contribution in [0.3, 0.4) is 0 Å². The standard InChI is InChI=1S/C16H16NO4P.2Na/c1-11(21-22(18,19)20)16-12-7-3-5-9-14(12)17(2)15-10-6-4-8-13(15)16;;/h3-10H,1-2H3,(H2,18,19,20);;/q;2*+1/p-2. The average Bonchev–Trinajstić information content (AvgIpc) is 2.46. The molecule has 0 atom stereocenters. The fourth-order valence-electron chi connectivity index (χ4n) is 2.82. The van der Waals surface area contributed by atoms with Crippen LogP contribution >= 0.6 is 7.82 Å². The second-order valence-electron chi connectivity index (χ2n) is 5.06. The van der Waals surface area contributed by atoms with E-state index in [9.17, 15) is 14.4 Å². The predicted molar refractivity (Wildman–Crippen MR) is 81.3 cm³/mol. The molecule has 0 bridgehead atoms. The number of allylic oxidation sites excluding steroid dienone is 1. The Hall–Kier alpha value is -0.0700. The van der Waals surface area contributed by atoms with Gasteiger partial charge < -0.3 is 23.8 Å². The summed E-state index contributed by atoms with van der Waals surface area (Å²) in [4.78, 5) is 24.0. The van der Waals surface area contributed by atoms with E-state index in [4.69, 9.17) is 0 Å². The van der Waals surface area contributed by atoms with Crippen LogP contribution in [0.5, 0.6) is 0 Å². The molecule has 0 saturated carbocycles. The fraction of sp³-hybridized carbons (Fsp3) is 0.125. The summed E-state index contributed by atoms with van der Waals surface area (Å²) < 4.78 is 15.6. The third kappa shape index (κ3) is 4.36. The number of nitrogens with zero attached hydrogens (tertiary/aromatic N) is 1. The molecule has 3 rings (SSSR count). The molecule has 0 fully saturated rings. The molecule has 1 aliphatic rings. The van der Waals surface area contributed by atoms with Crippen molar-refractivity contribution in [3.8, 4) is 0 Å². The van der Waals surface area contributed by atoms with Crippen molar-refractivity contribution in [3.05, 3.63) is 65.4 Å². The maximum Gasteiger partial charge on any atom is 1.00 e. The van der Waals surface area contributed by atoms with Gasteiger partial charge in [0, 0.05) is 35.1 Å². The monoisotopic (exact) mass is 361 g/mol. The Bertz CT molecular complexity index is 770. The van der Waals surface area contributed by atoms with Gasteiger partial charge in [0.25, 0.3) is 0 Å². The van der Waals surface area contributed by atoms with Crippen molar-refractivity contribution in [3.63, 3.8) is 0 Å². The first-order valence-corrected chi connectivity index (χ1v) is 8.19. The van der Waals surface area contributed by atoms with Crippen molar-refractivity contribution >= 4 is 24.8 Å². The Morgan fingerprint density at radius 1 is 0.958 bits per heavy atom. The van der Waals surface area contributed by atoms with Crippen molar-refractivity contribution in [2.45, 2.75) is 6.92 Å². The van der Waals surface area contributed by atoms with Crippen LogP contribution in [0.1, 0.15) is 18.1 Å². The van der Waals surface area contributed by atoms with E-state index in [0.29, 0.717) is 5.57 Å². The molecule has 0 radical (unpaired) electrons. The van der Waals surface area contributed by atoms with Crippen LogP contribution in [0.25, 0.3) is 5.57 Å². The molecule has 1 aliphatic heterocycles. The van der Waals surface area contributed by atoms with Crippen LogP contribution in [0.2, 0.25) is 0 Å². The number of hydrogen-bond acceptors (Lipinski definition) is 5. The van der Waals surface area contributed by atoms with Crippen LogP contribution in [-0.4, -0.2) is 7.05 Å². The second-order valence-corrected chi connectivity index (χ2v) is 6.14. The molecular weight excluding hydrogens is 347 g/mol. The summed E-state index contributed by atoms with van der Waals surface area (Å²) in [5, 5.41) is 0. The first-order valence-electron chi connectivity index (χ1n) is 6.73. The van der Waals surface area contributed by atoms with E-state index in [-0.39, 0.29) is 64.9 Å². The van der Waals surface area contributed by atoms with E-state index in [0.717, 1.165) is 22.5 Å². The molecule has 2 aromatic rings. The van der Waals surface area contributed by atoms with E-state index in [1.54, 1.807) is 0 Å². The largest absolute Gasteiger partial charge is 1.00 e. The summed E-state index contributed by atoms with van der Waals surface area (Å²) in [6.45, 7) is 1.50. The van der Waals surface area contributed by atoms with Gasteiger partial charge in [0.2, 0.25) is 0 Å². The summed E-state index contributed by atoms with van der Waals surface area (Å²) in [7, 11) is -3.16. The zero-order valence-electron chi connectivity index (χ0n) is 14.1. The van der Waals surface area contributed by atoms with Crippen molar-refractivity contribution < 1.29 is 78.0 Å². The van der Waals surface area contributed by atoms with Gasteiger partial charge in [-0.25, -0.2) is 0 Å². The third-order valence-electron chi connectivity index (χ3n) is 3.67. The van der Waals surface area contributed by atoms with Crippen LogP contribution < -0.4 is 73.8 Å². The smallest absolute Gasteiger partial charge is 0.780 e. The number of anilines is 2. The quantitative estimate of drug-likeness (QED) is 0.314. The van der Waals surface area contributed by atoms with Crippen molar-refractivity contribution in [1.29, 1.82) is 0 Å². The third-order valence-corrected chi connectivity index (χ3v) is 4.17. The normalized spacial score (nSPS) is 12.3. The van der Waals surface area contributed by atoms with Gasteiger partial charge in [0.15, 0.2) is 0 Å².